The number of nitrogens with zero attached hydrogens (tertiary/aromatic N) is 2. The smallest absolute Gasteiger partial charge is 0.301 e. The summed E-state index contributed by atoms with van der Waals surface area (Å²) in [7, 11) is 1.54. The number of ether oxygens (including phenoxy) is 3. The largest absolute Gasteiger partial charge is 0.507 e. The molecule has 1 aromatic heterocycles. The van der Waals surface area contributed by atoms with Crippen molar-refractivity contribution in [1.29, 1.82) is 0 Å². The van der Waals surface area contributed by atoms with Crippen molar-refractivity contribution in [3.05, 3.63) is 118 Å². The highest BCUT2D eigenvalue weighted by molar-refractivity contribution is 7.22. The van der Waals surface area contributed by atoms with E-state index in [-0.39, 0.29) is 17.4 Å². The van der Waals surface area contributed by atoms with Gasteiger partial charge in [0.05, 0.1) is 28.9 Å². The Morgan fingerprint density at radius 3 is 2.64 bits per heavy atom. The molecule has 1 amide bonds. The molecule has 0 saturated carbocycles. The predicted molar refractivity (Wildman–Crippen MR) is 173 cm³/mol. The monoisotopic (exact) mass is 618 g/mol. The summed E-state index contributed by atoms with van der Waals surface area (Å²) in [6.45, 7) is 4.30. The summed E-state index contributed by atoms with van der Waals surface area (Å²) in [5, 5.41) is 12.1. The SMILES string of the molecule is COc1cc(C2/C(=C(\O)c3ccc4c(c3)CC(C)O4)C(=O)C(=O)N2c2nc3ccc(C)cc3s2)ccc1OCc1ccccc1. The number of anilines is 1. The Hall–Kier alpha value is -5.15. The molecule has 0 bridgehead atoms. The quantitative estimate of drug-likeness (QED) is 0.118. The highest BCUT2D eigenvalue weighted by Gasteiger charge is 2.48. The van der Waals surface area contributed by atoms with Crippen LogP contribution in [0.5, 0.6) is 17.2 Å². The van der Waals surface area contributed by atoms with Gasteiger partial charge in [-0.05, 0) is 78.6 Å². The molecule has 1 saturated heterocycles. The normalized spacial score (nSPS) is 18.7. The zero-order valence-corrected chi connectivity index (χ0v) is 25.8. The number of rotatable bonds is 7. The maximum Gasteiger partial charge on any atom is 0.301 e. The van der Waals surface area contributed by atoms with E-state index in [1.54, 1.807) is 30.3 Å². The Balaban J connectivity index is 1.35. The molecular formula is C36H30N2O6S. The van der Waals surface area contributed by atoms with Crippen molar-refractivity contribution in [1.82, 2.24) is 4.98 Å². The summed E-state index contributed by atoms with van der Waals surface area (Å²) in [6, 6.07) is 25.3. The number of aromatic nitrogens is 1. The average molecular weight is 619 g/mol. The van der Waals surface area contributed by atoms with Crippen LogP contribution in [0.2, 0.25) is 0 Å². The number of benzene rings is 4. The second-order valence-corrected chi connectivity index (χ2v) is 12.3. The molecule has 2 aliphatic rings. The van der Waals surface area contributed by atoms with Crippen molar-refractivity contribution in [2.24, 2.45) is 0 Å². The fourth-order valence-corrected chi connectivity index (χ4v) is 6.99. The van der Waals surface area contributed by atoms with Gasteiger partial charge >= 0.3 is 5.91 Å². The van der Waals surface area contributed by atoms with Gasteiger partial charge in [-0.3, -0.25) is 14.5 Å². The third-order valence-corrected chi connectivity index (χ3v) is 9.11. The van der Waals surface area contributed by atoms with Crippen LogP contribution in [0.3, 0.4) is 0 Å². The molecule has 226 valence electrons. The lowest BCUT2D eigenvalue weighted by atomic mass is 9.94. The molecule has 4 aromatic carbocycles. The van der Waals surface area contributed by atoms with Crippen molar-refractivity contribution >= 4 is 44.1 Å². The Morgan fingerprint density at radius 2 is 1.84 bits per heavy atom. The molecule has 8 nitrogen and oxygen atoms in total. The number of methoxy groups -OCH3 is 1. The molecule has 45 heavy (non-hydrogen) atoms. The van der Waals surface area contributed by atoms with Crippen LogP contribution in [0.25, 0.3) is 16.0 Å². The highest BCUT2D eigenvalue weighted by Crippen LogP contribution is 2.46. The van der Waals surface area contributed by atoms with Crippen LogP contribution in [0.1, 0.15) is 40.8 Å². The van der Waals surface area contributed by atoms with Crippen molar-refractivity contribution in [2.45, 2.75) is 39.0 Å². The van der Waals surface area contributed by atoms with E-state index in [0.717, 1.165) is 32.7 Å². The van der Waals surface area contributed by atoms with Gasteiger partial charge in [0.15, 0.2) is 16.6 Å². The molecule has 0 radical (unpaired) electrons. The van der Waals surface area contributed by atoms with Gasteiger partial charge in [-0.15, -0.1) is 0 Å². The van der Waals surface area contributed by atoms with Crippen LogP contribution in [-0.4, -0.2) is 35.0 Å². The number of hydrogen-bond donors (Lipinski definition) is 1. The highest BCUT2D eigenvalue weighted by atomic mass is 32.1. The lowest BCUT2D eigenvalue weighted by Crippen LogP contribution is -2.29. The molecule has 1 N–H and O–H groups in total. The van der Waals surface area contributed by atoms with Gasteiger partial charge in [-0.25, -0.2) is 4.98 Å². The second-order valence-electron chi connectivity index (χ2n) is 11.3. The van der Waals surface area contributed by atoms with Gasteiger partial charge in [0, 0.05) is 12.0 Å². The van der Waals surface area contributed by atoms with E-state index in [1.165, 1.54) is 23.3 Å². The Kier molecular flexibility index (Phi) is 7.25. The number of aryl methyl sites for hydroxylation is 1. The molecule has 2 unspecified atom stereocenters. The minimum atomic E-state index is -0.966. The molecule has 7 rings (SSSR count). The Labute approximate surface area is 264 Å². The summed E-state index contributed by atoms with van der Waals surface area (Å²) >= 11 is 1.32. The first-order valence-electron chi connectivity index (χ1n) is 14.6. The number of thiazole rings is 1. The van der Waals surface area contributed by atoms with E-state index in [9.17, 15) is 14.7 Å². The van der Waals surface area contributed by atoms with Gasteiger partial charge in [0.25, 0.3) is 5.78 Å². The van der Waals surface area contributed by atoms with E-state index in [2.05, 4.69) is 0 Å². The van der Waals surface area contributed by atoms with E-state index < -0.39 is 17.7 Å². The van der Waals surface area contributed by atoms with E-state index in [0.29, 0.717) is 40.8 Å². The van der Waals surface area contributed by atoms with Crippen LogP contribution < -0.4 is 19.1 Å². The van der Waals surface area contributed by atoms with Gasteiger partial charge in [-0.1, -0.05) is 53.8 Å². The third-order valence-electron chi connectivity index (χ3n) is 8.09. The van der Waals surface area contributed by atoms with Gasteiger partial charge < -0.3 is 19.3 Å². The molecule has 2 aliphatic heterocycles. The number of fused-ring (bicyclic) bond motifs is 2. The minimum absolute atomic E-state index is 0.0146. The second kappa shape index (κ2) is 11.4. The molecule has 2 atom stereocenters. The molecule has 5 aromatic rings. The maximum atomic E-state index is 13.8. The van der Waals surface area contributed by atoms with Crippen molar-refractivity contribution in [2.75, 3.05) is 12.0 Å². The summed E-state index contributed by atoms with van der Waals surface area (Å²) in [6.07, 6.45) is 0.696. The van der Waals surface area contributed by atoms with Crippen LogP contribution in [0, 0.1) is 6.92 Å². The molecule has 3 heterocycles. The molecule has 1 fully saturated rings. The summed E-state index contributed by atoms with van der Waals surface area (Å²) < 4.78 is 18.5. The van der Waals surface area contributed by atoms with Gasteiger partial charge in [0.1, 0.15) is 24.2 Å². The number of carbonyl (C=O) groups is 2. The number of aliphatic hydroxyl groups is 1. The zero-order valence-electron chi connectivity index (χ0n) is 24.9. The molecule has 0 aliphatic carbocycles. The lowest BCUT2D eigenvalue weighted by Gasteiger charge is -2.24. The number of ketones is 1. The number of Topliss-reactive ketones (excluding diaryl/α,β-unsaturated/α-hetero) is 1. The number of amides is 1. The first-order valence-corrected chi connectivity index (χ1v) is 15.4. The molecule has 9 heteroatoms. The van der Waals surface area contributed by atoms with Gasteiger partial charge in [0.2, 0.25) is 0 Å². The zero-order chi connectivity index (χ0) is 31.2. The standard InChI is InChI=1S/C36H30N2O6S/c1-20-9-12-26-30(15-20)45-36(37-26)38-32(23-10-14-28(29(18-23)42-3)43-19-22-7-5-4-6-8-22)31(34(40)35(38)41)33(39)24-11-13-27-25(17-24)16-21(2)44-27/h4-15,17-18,21,32,39H,16,19H2,1-3H3/b33-31+. The predicted octanol–water partition coefficient (Wildman–Crippen LogP) is 7.14. The minimum Gasteiger partial charge on any atom is -0.507 e. The Morgan fingerprint density at radius 1 is 1.02 bits per heavy atom. The summed E-state index contributed by atoms with van der Waals surface area (Å²) in [5.74, 6) is -0.136. The lowest BCUT2D eigenvalue weighted by molar-refractivity contribution is -0.132. The topological polar surface area (TPSA) is 98.2 Å². The van der Waals surface area contributed by atoms with Crippen molar-refractivity contribution in [3.63, 3.8) is 0 Å². The van der Waals surface area contributed by atoms with Crippen LogP contribution in [-0.2, 0) is 22.6 Å². The number of carbonyl (C=O) groups excluding carboxylic acids is 2. The third kappa shape index (κ3) is 5.19. The number of aliphatic hydroxyl groups excluding tert-OH is 1. The average Bonchev–Trinajstić information content (AvgIpc) is 3.71. The first-order chi connectivity index (χ1) is 21.8. The Bertz CT molecular complexity index is 2000. The number of hydrogen-bond acceptors (Lipinski definition) is 8. The fraction of sp³-hybridized carbons (Fsp3) is 0.194. The van der Waals surface area contributed by atoms with Crippen LogP contribution in [0.4, 0.5) is 5.13 Å². The van der Waals surface area contributed by atoms with Crippen LogP contribution >= 0.6 is 11.3 Å². The van der Waals surface area contributed by atoms with Crippen molar-refractivity contribution in [3.8, 4) is 17.2 Å². The van der Waals surface area contributed by atoms with Crippen LogP contribution in [0.15, 0.2) is 90.5 Å². The molecule has 0 spiro atoms. The summed E-state index contributed by atoms with van der Waals surface area (Å²) in [4.78, 5) is 33.7. The molecular weight excluding hydrogens is 588 g/mol. The van der Waals surface area contributed by atoms with E-state index in [1.807, 2.05) is 68.4 Å². The summed E-state index contributed by atoms with van der Waals surface area (Å²) in [5.41, 5.74) is 4.68. The van der Waals surface area contributed by atoms with E-state index >= 15 is 0 Å². The maximum absolute atomic E-state index is 13.8. The van der Waals surface area contributed by atoms with E-state index in [4.69, 9.17) is 19.2 Å². The van der Waals surface area contributed by atoms with Gasteiger partial charge in [-0.2, -0.15) is 0 Å². The fourth-order valence-electron chi connectivity index (χ4n) is 5.90. The van der Waals surface area contributed by atoms with Crippen molar-refractivity contribution < 1.29 is 28.9 Å². The first kappa shape index (κ1) is 28.6.